The van der Waals surface area contributed by atoms with Crippen LogP contribution in [0, 0.1) is 5.82 Å². The Bertz CT molecular complexity index is 554. The maximum atomic E-state index is 13.2. The minimum Gasteiger partial charge on any atom is -0.444 e. The number of rotatable bonds is 6. The van der Waals surface area contributed by atoms with E-state index in [1.807, 2.05) is 0 Å². The molecule has 2 aromatic rings. The van der Waals surface area contributed by atoms with Gasteiger partial charge in [0.05, 0.1) is 12.3 Å². The predicted octanol–water partition coefficient (Wildman–Crippen LogP) is 2.68. The van der Waals surface area contributed by atoms with Crippen molar-refractivity contribution in [3.8, 4) is 11.5 Å². The molecule has 0 aliphatic carbocycles. The molecular formula is C15H19FN2O2. The monoisotopic (exact) mass is 278 g/mol. The molecule has 0 spiro atoms. The van der Waals surface area contributed by atoms with E-state index in [4.69, 9.17) is 9.52 Å². The van der Waals surface area contributed by atoms with Crippen molar-refractivity contribution in [2.24, 2.45) is 0 Å². The highest BCUT2D eigenvalue weighted by Crippen LogP contribution is 2.20. The summed E-state index contributed by atoms with van der Waals surface area (Å²) in [4.78, 5) is 6.46. The van der Waals surface area contributed by atoms with Crippen molar-refractivity contribution >= 4 is 0 Å². The van der Waals surface area contributed by atoms with Crippen LogP contribution in [0.5, 0.6) is 0 Å². The average Bonchev–Trinajstić information content (AvgIpc) is 2.87. The summed E-state index contributed by atoms with van der Waals surface area (Å²) in [5, 5.41) is 9.05. The summed E-state index contributed by atoms with van der Waals surface area (Å²) in [5.74, 6) is 0.0959. The van der Waals surface area contributed by atoms with Gasteiger partial charge < -0.3 is 9.52 Å². The zero-order chi connectivity index (χ0) is 14.5. The molecule has 0 atom stereocenters. The summed E-state index contributed by atoms with van der Waals surface area (Å²) >= 11 is 0. The molecule has 0 amide bonds. The van der Waals surface area contributed by atoms with Gasteiger partial charge in [0.25, 0.3) is 0 Å². The molecule has 0 bridgehead atoms. The predicted molar refractivity (Wildman–Crippen MR) is 74.5 cm³/mol. The number of hydrogen-bond donors (Lipinski definition) is 1. The second-order valence-electron chi connectivity index (χ2n) is 4.94. The summed E-state index contributed by atoms with van der Waals surface area (Å²) in [6.45, 7) is 5.40. The first-order valence-electron chi connectivity index (χ1n) is 6.65. The van der Waals surface area contributed by atoms with Crippen LogP contribution in [0.4, 0.5) is 4.39 Å². The fourth-order valence-corrected chi connectivity index (χ4v) is 1.99. The summed E-state index contributed by atoms with van der Waals surface area (Å²) in [5.41, 5.74) is 1.39. The Hall–Kier alpha value is -1.72. The lowest BCUT2D eigenvalue weighted by molar-refractivity contribution is 0.158. The van der Waals surface area contributed by atoms with Crippen LogP contribution in [0.25, 0.3) is 11.5 Å². The molecule has 0 saturated carbocycles. The lowest BCUT2D eigenvalue weighted by atomic mass is 10.2. The van der Waals surface area contributed by atoms with E-state index in [1.54, 1.807) is 18.4 Å². The van der Waals surface area contributed by atoms with Gasteiger partial charge in [-0.15, -0.1) is 0 Å². The Morgan fingerprint density at radius 3 is 2.85 bits per heavy atom. The van der Waals surface area contributed by atoms with E-state index in [9.17, 15) is 4.39 Å². The molecule has 1 heterocycles. The van der Waals surface area contributed by atoms with Gasteiger partial charge in [0, 0.05) is 24.7 Å². The minimum absolute atomic E-state index is 0.104. The number of benzene rings is 1. The van der Waals surface area contributed by atoms with Crippen LogP contribution < -0.4 is 0 Å². The van der Waals surface area contributed by atoms with Crippen LogP contribution >= 0.6 is 0 Å². The van der Waals surface area contributed by atoms with Crippen molar-refractivity contribution in [1.29, 1.82) is 0 Å². The largest absolute Gasteiger partial charge is 0.444 e. The first-order valence-corrected chi connectivity index (χ1v) is 6.65. The molecule has 5 heteroatoms. The third-order valence-corrected chi connectivity index (χ3v) is 3.11. The van der Waals surface area contributed by atoms with Crippen molar-refractivity contribution in [3.05, 3.63) is 42.0 Å². The molecule has 4 nitrogen and oxygen atoms in total. The highest BCUT2D eigenvalue weighted by Gasteiger charge is 2.13. The quantitative estimate of drug-likeness (QED) is 0.882. The Kier molecular flexibility index (Phi) is 4.87. The number of aliphatic hydroxyl groups is 1. The normalized spacial score (nSPS) is 11.5. The van der Waals surface area contributed by atoms with Gasteiger partial charge in [-0.2, -0.15) is 0 Å². The standard InChI is InChI=1S/C15H19FN2O2/c1-11(2)18(6-7-19)9-14-10-20-15(17-14)12-4-3-5-13(16)8-12/h3-5,8,10-11,19H,6-7,9H2,1-2H3. The fraction of sp³-hybridized carbons (Fsp3) is 0.400. The smallest absolute Gasteiger partial charge is 0.226 e. The third kappa shape index (κ3) is 3.65. The van der Waals surface area contributed by atoms with Gasteiger partial charge in [0.15, 0.2) is 0 Å². The summed E-state index contributed by atoms with van der Waals surface area (Å²) in [6, 6.07) is 6.46. The number of nitrogens with zero attached hydrogens (tertiary/aromatic N) is 2. The molecule has 0 aliphatic rings. The van der Waals surface area contributed by atoms with Crippen LogP contribution in [0.3, 0.4) is 0 Å². The molecule has 1 aromatic heterocycles. The fourth-order valence-electron chi connectivity index (χ4n) is 1.99. The van der Waals surface area contributed by atoms with E-state index < -0.39 is 0 Å². The zero-order valence-electron chi connectivity index (χ0n) is 11.7. The highest BCUT2D eigenvalue weighted by molar-refractivity contribution is 5.52. The summed E-state index contributed by atoms with van der Waals surface area (Å²) in [6.07, 6.45) is 1.58. The van der Waals surface area contributed by atoms with Crippen LogP contribution in [-0.2, 0) is 6.54 Å². The maximum Gasteiger partial charge on any atom is 0.226 e. The number of hydrogen-bond acceptors (Lipinski definition) is 4. The third-order valence-electron chi connectivity index (χ3n) is 3.11. The van der Waals surface area contributed by atoms with E-state index >= 15 is 0 Å². The minimum atomic E-state index is -0.314. The molecule has 0 unspecified atom stereocenters. The van der Waals surface area contributed by atoms with Crippen molar-refractivity contribution < 1.29 is 13.9 Å². The Balaban J connectivity index is 2.12. The molecule has 2 rings (SSSR count). The van der Waals surface area contributed by atoms with Crippen LogP contribution in [-0.4, -0.2) is 34.2 Å². The van der Waals surface area contributed by atoms with Gasteiger partial charge in [-0.05, 0) is 32.0 Å². The second kappa shape index (κ2) is 6.63. The molecule has 0 saturated heterocycles. The van der Waals surface area contributed by atoms with Crippen molar-refractivity contribution in [2.45, 2.75) is 26.4 Å². The van der Waals surface area contributed by atoms with E-state index in [2.05, 4.69) is 23.7 Å². The molecule has 0 radical (unpaired) electrons. The van der Waals surface area contributed by atoms with Gasteiger partial charge in [0.2, 0.25) is 5.89 Å². The molecular weight excluding hydrogens is 259 g/mol. The summed E-state index contributed by atoms with van der Waals surface area (Å²) in [7, 11) is 0. The lowest BCUT2D eigenvalue weighted by Crippen LogP contribution is -2.33. The number of aliphatic hydroxyl groups excluding tert-OH is 1. The molecule has 20 heavy (non-hydrogen) atoms. The Morgan fingerprint density at radius 1 is 1.40 bits per heavy atom. The number of aromatic nitrogens is 1. The van der Waals surface area contributed by atoms with Gasteiger partial charge in [-0.25, -0.2) is 9.37 Å². The zero-order valence-corrected chi connectivity index (χ0v) is 11.7. The van der Waals surface area contributed by atoms with E-state index in [1.165, 1.54) is 12.1 Å². The first-order chi connectivity index (χ1) is 9.60. The SMILES string of the molecule is CC(C)N(CCO)Cc1coc(-c2cccc(F)c2)n1. The van der Waals surface area contributed by atoms with E-state index in [-0.39, 0.29) is 12.4 Å². The maximum absolute atomic E-state index is 13.2. The molecule has 108 valence electrons. The number of halogens is 1. The average molecular weight is 278 g/mol. The first kappa shape index (κ1) is 14.7. The van der Waals surface area contributed by atoms with Gasteiger partial charge in [-0.1, -0.05) is 6.07 Å². The van der Waals surface area contributed by atoms with Crippen molar-refractivity contribution in [1.82, 2.24) is 9.88 Å². The lowest BCUT2D eigenvalue weighted by Gasteiger charge is -2.24. The number of oxazole rings is 1. The molecule has 0 fully saturated rings. The van der Waals surface area contributed by atoms with Gasteiger partial charge >= 0.3 is 0 Å². The Morgan fingerprint density at radius 2 is 2.20 bits per heavy atom. The van der Waals surface area contributed by atoms with E-state index in [0.29, 0.717) is 30.6 Å². The molecule has 0 aliphatic heterocycles. The summed E-state index contributed by atoms with van der Waals surface area (Å²) < 4.78 is 18.6. The second-order valence-corrected chi connectivity index (χ2v) is 4.94. The Labute approximate surface area is 117 Å². The van der Waals surface area contributed by atoms with Gasteiger partial charge in [-0.3, -0.25) is 4.90 Å². The van der Waals surface area contributed by atoms with Crippen molar-refractivity contribution in [2.75, 3.05) is 13.2 Å². The van der Waals surface area contributed by atoms with Crippen LogP contribution in [0.1, 0.15) is 19.5 Å². The highest BCUT2D eigenvalue weighted by atomic mass is 19.1. The van der Waals surface area contributed by atoms with E-state index in [0.717, 1.165) is 5.69 Å². The van der Waals surface area contributed by atoms with Gasteiger partial charge in [0.1, 0.15) is 12.1 Å². The van der Waals surface area contributed by atoms with Crippen LogP contribution in [0.15, 0.2) is 34.9 Å². The van der Waals surface area contributed by atoms with Crippen molar-refractivity contribution in [3.63, 3.8) is 0 Å². The molecule has 1 N–H and O–H groups in total. The van der Waals surface area contributed by atoms with Crippen LogP contribution in [0.2, 0.25) is 0 Å². The molecule has 1 aromatic carbocycles. The topological polar surface area (TPSA) is 49.5 Å².